The first-order valence-electron chi connectivity index (χ1n) is 11.3. The van der Waals surface area contributed by atoms with Crippen LogP contribution in [0, 0.1) is 0 Å². The van der Waals surface area contributed by atoms with Gasteiger partial charge in [-0.3, -0.25) is 9.59 Å². The molecule has 0 unspecified atom stereocenters. The predicted molar refractivity (Wildman–Crippen MR) is 122 cm³/mol. The lowest BCUT2D eigenvalue weighted by atomic mass is 10.1. The van der Waals surface area contributed by atoms with Gasteiger partial charge in [-0.05, 0) is 49.8 Å². The van der Waals surface area contributed by atoms with E-state index in [0.29, 0.717) is 56.6 Å². The Morgan fingerprint density at radius 3 is 2.56 bits per heavy atom. The first-order chi connectivity index (χ1) is 15.3. The molecule has 2 heterocycles. The lowest BCUT2D eigenvalue weighted by Crippen LogP contribution is -2.54. The molecule has 2 fully saturated rings. The molecule has 9 nitrogen and oxygen atoms in total. The zero-order valence-electron chi connectivity index (χ0n) is 18.9. The molecule has 0 radical (unpaired) electrons. The molecule has 10 heteroatoms. The summed E-state index contributed by atoms with van der Waals surface area (Å²) >= 11 is 0. The van der Waals surface area contributed by atoms with Crippen molar-refractivity contribution in [3.63, 3.8) is 0 Å². The van der Waals surface area contributed by atoms with Crippen LogP contribution < -0.4 is 15.4 Å². The van der Waals surface area contributed by atoms with E-state index in [-0.39, 0.29) is 29.4 Å². The fourth-order valence-corrected chi connectivity index (χ4v) is 5.99. The number of rotatable bonds is 8. The number of nitrogens with two attached hydrogens (primary N) is 1. The second-order valence-corrected chi connectivity index (χ2v) is 9.96. The number of benzene rings is 1. The molecule has 3 N–H and O–H groups in total. The quantitative estimate of drug-likeness (QED) is 0.590. The number of anilines is 1. The molecule has 3 rings (SSSR count). The van der Waals surface area contributed by atoms with Gasteiger partial charge in [0.25, 0.3) is 0 Å². The molecule has 0 spiro atoms. The molecule has 2 aliphatic heterocycles. The molecule has 1 atom stereocenters. The third kappa shape index (κ3) is 5.31. The van der Waals surface area contributed by atoms with E-state index in [4.69, 9.17) is 10.5 Å². The number of nitrogens with zero attached hydrogens (tertiary/aromatic N) is 2. The average molecular weight is 467 g/mol. The number of amides is 2. The zero-order chi connectivity index (χ0) is 23.3. The van der Waals surface area contributed by atoms with Gasteiger partial charge in [-0.25, -0.2) is 8.42 Å². The summed E-state index contributed by atoms with van der Waals surface area (Å²) in [5, 5.41) is 0. The van der Waals surface area contributed by atoms with E-state index in [9.17, 15) is 18.0 Å². The first kappa shape index (κ1) is 24.6. The van der Waals surface area contributed by atoms with E-state index in [0.717, 1.165) is 12.8 Å². The van der Waals surface area contributed by atoms with Gasteiger partial charge in [0.05, 0.1) is 11.0 Å². The summed E-state index contributed by atoms with van der Waals surface area (Å²) < 4.78 is 34.5. The SMILES string of the molecule is CCc1c(N2CCCCC2=O)cccc1S(=O)(=O)N[C@@H](CN)C(=O)N1CCC(OC)CC1. The van der Waals surface area contributed by atoms with E-state index in [2.05, 4.69) is 4.72 Å². The molecule has 2 aliphatic rings. The minimum absolute atomic E-state index is 0.00271. The Bertz CT molecular complexity index is 928. The van der Waals surface area contributed by atoms with Crippen molar-refractivity contribution >= 4 is 27.5 Å². The smallest absolute Gasteiger partial charge is 0.242 e. The van der Waals surface area contributed by atoms with Gasteiger partial charge in [0, 0.05) is 45.4 Å². The van der Waals surface area contributed by atoms with E-state index >= 15 is 0 Å². The number of ether oxygens (including phenoxy) is 1. The molecule has 1 aromatic carbocycles. The minimum Gasteiger partial charge on any atom is -0.381 e. The summed E-state index contributed by atoms with van der Waals surface area (Å²) in [6.45, 7) is 3.29. The molecule has 0 saturated carbocycles. The van der Waals surface area contributed by atoms with Crippen molar-refractivity contribution in [2.45, 2.75) is 62.5 Å². The van der Waals surface area contributed by atoms with Crippen LogP contribution in [0.2, 0.25) is 0 Å². The van der Waals surface area contributed by atoms with E-state index in [1.54, 1.807) is 29.0 Å². The normalized spacial score (nSPS) is 19.3. The third-order valence-electron chi connectivity index (χ3n) is 6.28. The number of carbonyl (C=O) groups is 2. The molecule has 2 saturated heterocycles. The van der Waals surface area contributed by atoms with Gasteiger partial charge in [-0.2, -0.15) is 4.72 Å². The number of likely N-dealkylation sites (tertiary alicyclic amines) is 1. The number of piperidine rings is 2. The van der Waals surface area contributed by atoms with E-state index in [1.165, 1.54) is 6.07 Å². The molecule has 32 heavy (non-hydrogen) atoms. The maximum atomic E-state index is 13.3. The van der Waals surface area contributed by atoms with E-state index in [1.807, 2.05) is 6.92 Å². The lowest BCUT2D eigenvalue weighted by Gasteiger charge is -2.33. The van der Waals surface area contributed by atoms with Gasteiger partial charge in [0.15, 0.2) is 0 Å². The average Bonchev–Trinajstić information content (AvgIpc) is 2.82. The van der Waals surface area contributed by atoms with Crippen molar-refractivity contribution in [2.75, 3.05) is 38.2 Å². The summed E-state index contributed by atoms with van der Waals surface area (Å²) in [5.74, 6) is -0.325. The Morgan fingerprint density at radius 1 is 1.25 bits per heavy atom. The highest BCUT2D eigenvalue weighted by atomic mass is 32.2. The molecular formula is C22H34N4O5S. The second-order valence-electron chi connectivity index (χ2n) is 8.28. The van der Waals surface area contributed by atoms with Gasteiger partial charge >= 0.3 is 0 Å². The van der Waals surface area contributed by atoms with Crippen molar-refractivity contribution < 1.29 is 22.7 Å². The molecule has 0 aliphatic carbocycles. The van der Waals surface area contributed by atoms with Crippen molar-refractivity contribution in [1.82, 2.24) is 9.62 Å². The summed E-state index contributed by atoms with van der Waals surface area (Å²) in [7, 11) is -2.38. The van der Waals surface area contributed by atoms with Crippen LogP contribution in [-0.2, 0) is 30.8 Å². The molecule has 0 bridgehead atoms. The summed E-state index contributed by atoms with van der Waals surface area (Å²) in [6, 6.07) is 3.89. The van der Waals surface area contributed by atoms with Gasteiger partial charge < -0.3 is 20.3 Å². The van der Waals surface area contributed by atoms with Crippen LogP contribution in [-0.4, -0.2) is 70.6 Å². The Hall–Kier alpha value is -2.01. The van der Waals surface area contributed by atoms with Crippen LogP contribution in [0.1, 0.15) is 44.6 Å². The number of sulfonamides is 1. The molecule has 1 aromatic rings. The maximum Gasteiger partial charge on any atom is 0.242 e. The monoisotopic (exact) mass is 466 g/mol. The second kappa shape index (κ2) is 10.7. The van der Waals surface area contributed by atoms with Crippen LogP contribution in [0.5, 0.6) is 0 Å². The number of nitrogens with one attached hydrogen (secondary N) is 1. The van der Waals surface area contributed by atoms with Crippen molar-refractivity contribution in [3.8, 4) is 0 Å². The van der Waals surface area contributed by atoms with Crippen LogP contribution >= 0.6 is 0 Å². The van der Waals surface area contributed by atoms with Crippen molar-refractivity contribution in [2.24, 2.45) is 5.73 Å². The van der Waals surface area contributed by atoms with E-state index < -0.39 is 16.1 Å². The van der Waals surface area contributed by atoms with Crippen LogP contribution in [0.25, 0.3) is 0 Å². The predicted octanol–water partition coefficient (Wildman–Crippen LogP) is 1.01. The Balaban J connectivity index is 1.83. The maximum absolute atomic E-state index is 13.3. The number of hydrogen-bond donors (Lipinski definition) is 2. The van der Waals surface area contributed by atoms with Gasteiger partial charge in [-0.15, -0.1) is 0 Å². The summed E-state index contributed by atoms with van der Waals surface area (Å²) in [6.07, 6.45) is 4.14. The fraction of sp³-hybridized carbons (Fsp3) is 0.636. The fourth-order valence-electron chi connectivity index (χ4n) is 4.46. The Labute approximate surface area is 190 Å². The highest BCUT2D eigenvalue weighted by molar-refractivity contribution is 7.89. The number of methoxy groups -OCH3 is 1. The van der Waals surface area contributed by atoms with Crippen molar-refractivity contribution in [1.29, 1.82) is 0 Å². The number of hydrogen-bond acceptors (Lipinski definition) is 6. The largest absolute Gasteiger partial charge is 0.381 e. The Kier molecular flexibility index (Phi) is 8.26. The van der Waals surface area contributed by atoms with Gasteiger partial charge in [-0.1, -0.05) is 13.0 Å². The molecule has 2 amide bonds. The van der Waals surface area contributed by atoms with Gasteiger partial charge in [0.1, 0.15) is 6.04 Å². The summed E-state index contributed by atoms with van der Waals surface area (Å²) in [4.78, 5) is 28.8. The molecular weight excluding hydrogens is 432 g/mol. The highest BCUT2D eigenvalue weighted by Gasteiger charge is 2.32. The molecule has 178 valence electrons. The Morgan fingerprint density at radius 2 is 1.97 bits per heavy atom. The van der Waals surface area contributed by atoms with Crippen LogP contribution in [0.4, 0.5) is 5.69 Å². The highest BCUT2D eigenvalue weighted by Crippen LogP contribution is 2.30. The lowest BCUT2D eigenvalue weighted by molar-refractivity contribution is -0.135. The zero-order valence-corrected chi connectivity index (χ0v) is 19.7. The third-order valence-corrected chi connectivity index (χ3v) is 7.84. The first-order valence-corrected chi connectivity index (χ1v) is 12.8. The summed E-state index contributed by atoms with van der Waals surface area (Å²) in [5.41, 5.74) is 6.99. The topological polar surface area (TPSA) is 122 Å². The minimum atomic E-state index is -4.03. The number of carbonyl (C=O) groups excluding carboxylic acids is 2. The van der Waals surface area contributed by atoms with Crippen LogP contribution in [0.3, 0.4) is 0 Å². The van der Waals surface area contributed by atoms with Crippen LogP contribution in [0.15, 0.2) is 23.1 Å². The molecule has 0 aromatic heterocycles. The van der Waals surface area contributed by atoms with Gasteiger partial charge in [0.2, 0.25) is 21.8 Å². The standard InChI is InChI=1S/C22H34N4O5S/c1-3-17-19(26-12-5-4-9-21(26)27)7-6-8-20(17)32(29,30)24-18(15-23)22(28)25-13-10-16(31-2)11-14-25/h6-8,16,18,24H,3-5,9-15,23H2,1-2H3/t18-/m0/s1. The van der Waals surface area contributed by atoms with Crippen molar-refractivity contribution in [3.05, 3.63) is 23.8 Å².